The predicted molar refractivity (Wildman–Crippen MR) is 139 cm³/mol. The predicted octanol–water partition coefficient (Wildman–Crippen LogP) is 6.13. The van der Waals surface area contributed by atoms with E-state index >= 15 is 0 Å². The maximum Gasteiger partial charge on any atom is 0.279 e. The number of imidazole rings is 1. The van der Waals surface area contributed by atoms with Gasteiger partial charge in [-0.05, 0) is 73.0 Å². The van der Waals surface area contributed by atoms with Crippen LogP contribution in [0.25, 0.3) is 22.4 Å². The van der Waals surface area contributed by atoms with Crippen LogP contribution in [0, 0.1) is 19.7 Å². The Balaban J connectivity index is 1.56. The van der Waals surface area contributed by atoms with Gasteiger partial charge in [-0.3, -0.25) is 9.36 Å². The van der Waals surface area contributed by atoms with E-state index in [9.17, 15) is 9.18 Å². The summed E-state index contributed by atoms with van der Waals surface area (Å²) in [5.74, 6) is 0.135. The Kier molecular flexibility index (Phi) is 4.22. The van der Waals surface area contributed by atoms with Gasteiger partial charge in [0.15, 0.2) is 0 Å². The van der Waals surface area contributed by atoms with Crippen LogP contribution >= 0.6 is 0 Å². The van der Waals surface area contributed by atoms with Crippen molar-refractivity contribution in [1.29, 1.82) is 0 Å². The number of aryl methyl sites for hydroxylation is 2. The van der Waals surface area contributed by atoms with Gasteiger partial charge < -0.3 is 10.2 Å². The maximum absolute atomic E-state index is 14.8. The molecule has 0 saturated carbocycles. The number of halogens is 1. The van der Waals surface area contributed by atoms with Crippen molar-refractivity contribution in [1.82, 2.24) is 9.55 Å². The Hall–Kier alpha value is -4.45. The van der Waals surface area contributed by atoms with E-state index in [1.807, 2.05) is 59.2 Å². The van der Waals surface area contributed by atoms with E-state index in [2.05, 4.69) is 31.3 Å². The summed E-state index contributed by atoms with van der Waals surface area (Å²) >= 11 is 0. The smallest absolute Gasteiger partial charge is 0.279 e. The maximum atomic E-state index is 14.8. The number of para-hydroxylation sites is 1. The number of carbonyl (C=O) groups excluding carboxylic acids is 1. The molecule has 0 aliphatic carbocycles. The van der Waals surface area contributed by atoms with Crippen LogP contribution in [-0.2, 0) is 17.0 Å². The summed E-state index contributed by atoms with van der Waals surface area (Å²) in [5.41, 5.74) is 6.46. The molecule has 1 unspecified atom stereocenters. The molecule has 6 heteroatoms. The van der Waals surface area contributed by atoms with Crippen LogP contribution in [0.3, 0.4) is 0 Å². The highest BCUT2D eigenvalue weighted by atomic mass is 19.1. The summed E-state index contributed by atoms with van der Waals surface area (Å²) in [6, 6.07) is 26.4. The van der Waals surface area contributed by atoms with E-state index < -0.39 is 5.66 Å². The highest BCUT2D eigenvalue weighted by Crippen LogP contribution is 2.51. The third-order valence-electron chi connectivity index (χ3n) is 7.47. The zero-order valence-corrected chi connectivity index (χ0v) is 19.9. The third-order valence-corrected chi connectivity index (χ3v) is 7.47. The molecule has 0 saturated heterocycles. The van der Waals surface area contributed by atoms with Gasteiger partial charge in [0.25, 0.3) is 5.91 Å². The number of anilines is 2. The number of nitrogens with zero attached hydrogens (tertiary/aromatic N) is 3. The number of rotatable bonds is 2. The van der Waals surface area contributed by atoms with Gasteiger partial charge in [0, 0.05) is 16.8 Å². The van der Waals surface area contributed by atoms with Gasteiger partial charge in [0.05, 0.1) is 23.3 Å². The molecule has 36 heavy (non-hydrogen) atoms. The summed E-state index contributed by atoms with van der Waals surface area (Å²) in [7, 11) is 0. The molecule has 0 radical (unpaired) electrons. The standard InChI is InChI=1S/C30H23FN4O/c1-18-14-25-27(15-19(18)2)35-28(32-25)22-10-6-7-11-24(22)33-30(35)23-16-21(31)12-13-26(23)34(29(30)36)17-20-8-4-3-5-9-20/h3-16,33H,17H2,1-2H3. The molecule has 1 amide bonds. The first-order chi connectivity index (χ1) is 17.5. The fraction of sp³-hybridized carbons (Fsp3) is 0.133. The minimum atomic E-state index is -1.37. The van der Waals surface area contributed by atoms with Crippen molar-refractivity contribution in [3.8, 4) is 11.4 Å². The minimum absolute atomic E-state index is 0.166. The molecule has 0 bridgehead atoms. The van der Waals surface area contributed by atoms with E-state index in [-0.39, 0.29) is 11.7 Å². The van der Waals surface area contributed by atoms with Crippen molar-refractivity contribution >= 4 is 28.3 Å². The Morgan fingerprint density at radius 2 is 1.67 bits per heavy atom. The summed E-state index contributed by atoms with van der Waals surface area (Å²) < 4.78 is 16.8. The van der Waals surface area contributed by atoms with Crippen molar-refractivity contribution in [2.24, 2.45) is 0 Å². The van der Waals surface area contributed by atoms with E-state index in [4.69, 9.17) is 4.98 Å². The molecule has 4 aromatic carbocycles. The lowest BCUT2D eigenvalue weighted by Gasteiger charge is -2.38. The summed E-state index contributed by atoms with van der Waals surface area (Å²) in [6.07, 6.45) is 0. The molecule has 1 aromatic heterocycles. The summed E-state index contributed by atoms with van der Waals surface area (Å²) in [6.45, 7) is 4.49. The van der Waals surface area contributed by atoms with E-state index in [0.717, 1.165) is 39.0 Å². The Labute approximate surface area is 207 Å². The van der Waals surface area contributed by atoms with Crippen LogP contribution in [0.4, 0.5) is 15.8 Å². The highest BCUT2D eigenvalue weighted by molar-refractivity contribution is 6.12. The molecule has 5 aromatic rings. The van der Waals surface area contributed by atoms with Crippen molar-refractivity contribution in [3.63, 3.8) is 0 Å². The first-order valence-corrected chi connectivity index (χ1v) is 12.0. The zero-order valence-electron chi connectivity index (χ0n) is 19.9. The minimum Gasteiger partial charge on any atom is -0.350 e. The number of hydrogen-bond acceptors (Lipinski definition) is 3. The SMILES string of the molecule is Cc1cc2nc3n(c2cc1C)C1(Nc2ccccc2-3)C(=O)N(Cc2ccccc2)c2ccc(F)cc21. The molecule has 0 fully saturated rings. The van der Waals surface area contributed by atoms with Crippen LogP contribution in [0.1, 0.15) is 22.3 Å². The quantitative estimate of drug-likeness (QED) is 0.335. The van der Waals surface area contributed by atoms with Crippen molar-refractivity contribution in [3.05, 3.63) is 113 Å². The number of fused-ring (bicyclic) bond motifs is 8. The molecule has 1 atom stereocenters. The number of amides is 1. The molecule has 7 rings (SSSR count). The average Bonchev–Trinajstić information content (AvgIpc) is 3.35. The summed E-state index contributed by atoms with van der Waals surface area (Å²) in [5, 5.41) is 3.55. The van der Waals surface area contributed by atoms with Crippen molar-refractivity contribution in [2.75, 3.05) is 10.2 Å². The van der Waals surface area contributed by atoms with Gasteiger partial charge in [-0.2, -0.15) is 0 Å². The Bertz CT molecular complexity index is 1710. The van der Waals surface area contributed by atoms with Crippen LogP contribution < -0.4 is 10.2 Å². The zero-order chi connectivity index (χ0) is 24.6. The highest BCUT2D eigenvalue weighted by Gasteiger charge is 2.56. The molecule has 2 aliphatic rings. The van der Waals surface area contributed by atoms with E-state index in [1.165, 1.54) is 12.1 Å². The van der Waals surface area contributed by atoms with Gasteiger partial charge in [0.2, 0.25) is 5.66 Å². The second-order valence-corrected chi connectivity index (χ2v) is 9.62. The van der Waals surface area contributed by atoms with Crippen LogP contribution in [0.15, 0.2) is 84.9 Å². The van der Waals surface area contributed by atoms with Gasteiger partial charge in [-0.25, -0.2) is 9.37 Å². The van der Waals surface area contributed by atoms with E-state index in [0.29, 0.717) is 23.6 Å². The van der Waals surface area contributed by atoms with Gasteiger partial charge in [-0.15, -0.1) is 0 Å². The summed E-state index contributed by atoms with van der Waals surface area (Å²) in [4.78, 5) is 21.4. The van der Waals surface area contributed by atoms with Crippen LogP contribution in [0.2, 0.25) is 0 Å². The second kappa shape index (κ2) is 7.28. The number of hydrogen-bond donors (Lipinski definition) is 1. The molecule has 176 valence electrons. The fourth-order valence-corrected chi connectivity index (χ4v) is 5.60. The molecule has 1 spiro atoms. The number of aromatic nitrogens is 2. The lowest BCUT2D eigenvalue weighted by Crippen LogP contribution is -2.53. The van der Waals surface area contributed by atoms with Gasteiger partial charge >= 0.3 is 0 Å². The topological polar surface area (TPSA) is 50.2 Å². The van der Waals surface area contributed by atoms with E-state index in [1.54, 1.807) is 11.0 Å². The third kappa shape index (κ3) is 2.69. The van der Waals surface area contributed by atoms with Crippen molar-refractivity contribution in [2.45, 2.75) is 26.1 Å². The van der Waals surface area contributed by atoms with Crippen LogP contribution in [0.5, 0.6) is 0 Å². The normalized spacial score (nSPS) is 17.8. The fourth-order valence-electron chi connectivity index (χ4n) is 5.60. The number of benzene rings is 4. The first-order valence-electron chi connectivity index (χ1n) is 12.0. The number of nitrogens with one attached hydrogen (secondary N) is 1. The van der Waals surface area contributed by atoms with Gasteiger partial charge in [-0.1, -0.05) is 42.5 Å². The van der Waals surface area contributed by atoms with Gasteiger partial charge in [0.1, 0.15) is 11.6 Å². The molecule has 5 nitrogen and oxygen atoms in total. The monoisotopic (exact) mass is 474 g/mol. The molecular weight excluding hydrogens is 451 g/mol. The molecular formula is C30H23FN4O. The lowest BCUT2D eigenvalue weighted by atomic mass is 9.95. The second-order valence-electron chi connectivity index (χ2n) is 9.62. The Morgan fingerprint density at radius 3 is 2.50 bits per heavy atom. The van der Waals surface area contributed by atoms with Crippen LogP contribution in [-0.4, -0.2) is 15.5 Å². The largest absolute Gasteiger partial charge is 0.350 e. The molecule has 1 N–H and O–H groups in total. The molecule has 3 heterocycles. The number of carbonyl (C=O) groups is 1. The average molecular weight is 475 g/mol. The Morgan fingerprint density at radius 1 is 0.917 bits per heavy atom. The molecule has 2 aliphatic heterocycles. The lowest BCUT2D eigenvalue weighted by molar-refractivity contribution is -0.123. The van der Waals surface area contributed by atoms with Crippen molar-refractivity contribution < 1.29 is 9.18 Å². The first kappa shape index (κ1) is 20.9.